The predicted molar refractivity (Wildman–Crippen MR) is 66.8 cm³/mol. The van der Waals surface area contributed by atoms with Gasteiger partial charge >= 0.3 is 0 Å². The van der Waals surface area contributed by atoms with Gasteiger partial charge in [0.2, 0.25) is 0 Å². The van der Waals surface area contributed by atoms with Crippen LogP contribution in [0.5, 0.6) is 5.75 Å². The van der Waals surface area contributed by atoms with E-state index in [2.05, 4.69) is 10.3 Å². The summed E-state index contributed by atoms with van der Waals surface area (Å²) in [5.74, 6) is 1.31. The van der Waals surface area contributed by atoms with Gasteiger partial charge in [-0.15, -0.1) is 0 Å². The summed E-state index contributed by atoms with van der Waals surface area (Å²) in [4.78, 5) is 4.30. The van der Waals surface area contributed by atoms with E-state index in [-0.39, 0.29) is 6.04 Å². The number of aromatic hydroxyl groups is 1. The van der Waals surface area contributed by atoms with Gasteiger partial charge in [-0.2, -0.15) is 0 Å². The van der Waals surface area contributed by atoms with Crippen molar-refractivity contribution in [3.63, 3.8) is 0 Å². The predicted octanol–water partition coefficient (Wildman–Crippen LogP) is 1.63. The number of nitrogens with one attached hydrogen (secondary N) is 1. The van der Waals surface area contributed by atoms with Gasteiger partial charge < -0.3 is 15.0 Å². The van der Waals surface area contributed by atoms with Gasteiger partial charge in [0.1, 0.15) is 11.6 Å². The SMILES string of the molecule is CN[C@H](Cc1nccn1C)c1ccccc1O. The Kier molecular flexibility index (Phi) is 3.44. The highest BCUT2D eigenvalue weighted by Gasteiger charge is 2.15. The van der Waals surface area contributed by atoms with Crippen LogP contribution in [0, 0.1) is 0 Å². The Morgan fingerprint density at radius 3 is 2.76 bits per heavy atom. The maximum absolute atomic E-state index is 9.84. The van der Waals surface area contributed by atoms with Crippen LogP contribution < -0.4 is 5.32 Å². The number of nitrogens with zero attached hydrogens (tertiary/aromatic N) is 2. The van der Waals surface area contributed by atoms with Crippen LogP contribution in [0.15, 0.2) is 36.7 Å². The first-order valence-corrected chi connectivity index (χ1v) is 5.63. The van der Waals surface area contributed by atoms with Crippen LogP contribution in [0.4, 0.5) is 0 Å². The van der Waals surface area contributed by atoms with E-state index in [4.69, 9.17) is 0 Å². The van der Waals surface area contributed by atoms with Crippen molar-refractivity contribution >= 4 is 0 Å². The summed E-state index contributed by atoms with van der Waals surface area (Å²) in [6.07, 6.45) is 4.46. The van der Waals surface area contributed by atoms with Crippen molar-refractivity contribution in [1.82, 2.24) is 14.9 Å². The van der Waals surface area contributed by atoms with E-state index in [1.54, 1.807) is 12.3 Å². The van der Waals surface area contributed by atoms with Crippen LogP contribution in [-0.2, 0) is 13.5 Å². The van der Waals surface area contributed by atoms with E-state index in [9.17, 15) is 5.11 Å². The van der Waals surface area contributed by atoms with E-state index in [0.717, 1.165) is 17.8 Å². The lowest BCUT2D eigenvalue weighted by Gasteiger charge is -2.17. The molecule has 1 aromatic heterocycles. The number of phenolic OH excluding ortho intramolecular Hbond substituents is 1. The number of benzene rings is 1. The van der Waals surface area contributed by atoms with Crippen molar-refractivity contribution in [2.75, 3.05) is 7.05 Å². The van der Waals surface area contributed by atoms with Crippen LogP contribution in [0.1, 0.15) is 17.4 Å². The summed E-state index contributed by atoms with van der Waals surface area (Å²) in [6.45, 7) is 0. The lowest BCUT2D eigenvalue weighted by Crippen LogP contribution is -2.20. The van der Waals surface area contributed by atoms with E-state index in [1.165, 1.54) is 0 Å². The number of rotatable bonds is 4. The van der Waals surface area contributed by atoms with Crippen molar-refractivity contribution in [3.05, 3.63) is 48.0 Å². The summed E-state index contributed by atoms with van der Waals surface area (Å²) in [5.41, 5.74) is 0.901. The molecule has 0 saturated carbocycles. The fourth-order valence-corrected chi connectivity index (χ4v) is 1.93. The molecule has 1 atom stereocenters. The third-order valence-electron chi connectivity index (χ3n) is 2.97. The van der Waals surface area contributed by atoms with Gasteiger partial charge in [-0.3, -0.25) is 0 Å². The maximum atomic E-state index is 9.84. The molecule has 2 aromatic rings. The third kappa shape index (κ3) is 2.47. The molecule has 1 heterocycles. The second-order valence-corrected chi connectivity index (χ2v) is 4.06. The zero-order valence-corrected chi connectivity index (χ0v) is 10.1. The molecule has 2 rings (SSSR count). The number of para-hydroxylation sites is 1. The van der Waals surface area contributed by atoms with E-state index >= 15 is 0 Å². The largest absolute Gasteiger partial charge is 0.508 e. The molecule has 0 bridgehead atoms. The molecule has 0 saturated heterocycles. The monoisotopic (exact) mass is 231 g/mol. The summed E-state index contributed by atoms with van der Waals surface area (Å²) in [7, 11) is 3.86. The molecule has 90 valence electrons. The van der Waals surface area contributed by atoms with Crippen LogP contribution in [-0.4, -0.2) is 21.7 Å². The van der Waals surface area contributed by atoms with Gasteiger partial charge in [0, 0.05) is 37.5 Å². The average molecular weight is 231 g/mol. The molecule has 4 nitrogen and oxygen atoms in total. The number of likely N-dealkylation sites (N-methyl/N-ethyl adjacent to an activating group) is 1. The number of imidazole rings is 1. The molecule has 2 N–H and O–H groups in total. The number of hydrogen-bond acceptors (Lipinski definition) is 3. The Hall–Kier alpha value is -1.81. The van der Waals surface area contributed by atoms with Crippen LogP contribution in [0.25, 0.3) is 0 Å². The maximum Gasteiger partial charge on any atom is 0.120 e. The highest BCUT2D eigenvalue weighted by atomic mass is 16.3. The molecule has 4 heteroatoms. The molecular formula is C13H17N3O. The first-order valence-electron chi connectivity index (χ1n) is 5.63. The fraction of sp³-hybridized carbons (Fsp3) is 0.308. The van der Waals surface area contributed by atoms with Gasteiger partial charge in [-0.05, 0) is 13.1 Å². The van der Waals surface area contributed by atoms with Gasteiger partial charge in [0.05, 0.1) is 0 Å². The lowest BCUT2D eigenvalue weighted by atomic mass is 10.0. The molecule has 0 aliphatic heterocycles. The molecular weight excluding hydrogens is 214 g/mol. The van der Waals surface area contributed by atoms with Crippen molar-refractivity contribution < 1.29 is 5.11 Å². The Balaban J connectivity index is 2.23. The Morgan fingerprint density at radius 1 is 1.41 bits per heavy atom. The Morgan fingerprint density at radius 2 is 2.18 bits per heavy atom. The van der Waals surface area contributed by atoms with Crippen LogP contribution >= 0.6 is 0 Å². The first-order chi connectivity index (χ1) is 8.22. The summed E-state index contributed by atoms with van der Waals surface area (Å²) < 4.78 is 1.99. The molecule has 0 aliphatic carbocycles. The average Bonchev–Trinajstić information content (AvgIpc) is 2.73. The number of hydrogen-bond donors (Lipinski definition) is 2. The zero-order valence-electron chi connectivity index (χ0n) is 10.1. The first kappa shape index (κ1) is 11.7. The smallest absolute Gasteiger partial charge is 0.120 e. The fourth-order valence-electron chi connectivity index (χ4n) is 1.93. The molecule has 1 aromatic carbocycles. The molecule has 0 unspecified atom stereocenters. The topological polar surface area (TPSA) is 50.1 Å². The molecule has 0 amide bonds. The van der Waals surface area contributed by atoms with Crippen molar-refractivity contribution in [2.24, 2.45) is 7.05 Å². The van der Waals surface area contributed by atoms with Gasteiger partial charge in [-0.1, -0.05) is 18.2 Å². The van der Waals surface area contributed by atoms with Gasteiger partial charge in [0.15, 0.2) is 0 Å². The molecule has 0 fully saturated rings. The molecule has 0 radical (unpaired) electrons. The summed E-state index contributed by atoms with van der Waals surface area (Å²) >= 11 is 0. The molecule has 17 heavy (non-hydrogen) atoms. The van der Waals surface area contributed by atoms with E-state index in [1.807, 2.05) is 43.1 Å². The minimum Gasteiger partial charge on any atom is -0.508 e. The molecule has 0 aliphatic rings. The Labute approximate surface area is 101 Å². The highest BCUT2D eigenvalue weighted by Crippen LogP contribution is 2.25. The van der Waals surface area contributed by atoms with Gasteiger partial charge in [0.25, 0.3) is 0 Å². The van der Waals surface area contributed by atoms with E-state index in [0.29, 0.717) is 5.75 Å². The molecule has 0 spiro atoms. The van der Waals surface area contributed by atoms with Crippen molar-refractivity contribution in [1.29, 1.82) is 0 Å². The zero-order chi connectivity index (χ0) is 12.3. The number of aryl methyl sites for hydroxylation is 1. The van der Waals surface area contributed by atoms with Crippen molar-refractivity contribution in [3.8, 4) is 5.75 Å². The van der Waals surface area contributed by atoms with Crippen LogP contribution in [0.2, 0.25) is 0 Å². The van der Waals surface area contributed by atoms with Crippen molar-refractivity contribution in [2.45, 2.75) is 12.5 Å². The van der Waals surface area contributed by atoms with Crippen LogP contribution in [0.3, 0.4) is 0 Å². The summed E-state index contributed by atoms with van der Waals surface area (Å²) in [6, 6.07) is 7.46. The second-order valence-electron chi connectivity index (χ2n) is 4.06. The minimum atomic E-state index is 0.0669. The van der Waals surface area contributed by atoms with Gasteiger partial charge in [-0.25, -0.2) is 4.98 Å². The minimum absolute atomic E-state index is 0.0669. The third-order valence-corrected chi connectivity index (χ3v) is 2.97. The number of phenols is 1. The number of aromatic nitrogens is 2. The van der Waals surface area contributed by atoms with E-state index < -0.39 is 0 Å². The highest BCUT2D eigenvalue weighted by molar-refractivity contribution is 5.35. The quantitative estimate of drug-likeness (QED) is 0.841. The Bertz CT molecular complexity index is 493. The normalized spacial score (nSPS) is 12.6. The standard InChI is InChI=1S/C13H17N3O/c1-14-11(9-13-15-7-8-16(13)2)10-5-3-4-6-12(10)17/h3-8,11,14,17H,9H2,1-2H3/t11-/m1/s1. The second kappa shape index (κ2) is 5.01. The summed E-state index contributed by atoms with van der Waals surface area (Å²) in [5, 5.41) is 13.1. The lowest BCUT2D eigenvalue weighted by molar-refractivity contribution is 0.450.